The van der Waals surface area contributed by atoms with Gasteiger partial charge in [-0.1, -0.05) is 97.1 Å². The van der Waals surface area contributed by atoms with Crippen molar-refractivity contribution >= 4 is 65.7 Å². The van der Waals surface area contributed by atoms with Crippen LogP contribution in [0.1, 0.15) is 0 Å². The molecule has 0 bridgehead atoms. The summed E-state index contributed by atoms with van der Waals surface area (Å²) in [5.41, 5.74) is 9.11. The lowest BCUT2D eigenvalue weighted by atomic mass is 10.0. The van der Waals surface area contributed by atoms with E-state index in [4.69, 9.17) is 23.8 Å². The lowest BCUT2D eigenvalue weighted by Gasteiger charge is -2.10. The predicted molar refractivity (Wildman–Crippen MR) is 205 cm³/mol. The second-order valence-corrected chi connectivity index (χ2v) is 12.8. The van der Waals surface area contributed by atoms with Gasteiger partial charge >= 0.3 is 0 Å². The minimum Gasteiger partial charge on any atom is -0.456 e. The van der Waals surface area contributed by atoms with Crippen LogP contribution < -0.4 is 0 Å². The van der Waals surface area contributed by atoms with Gasteiger partial charge in [-0.25, -0.2) is 15.0 Å². The maximum Gasteiger partial charge on any atom is 0.167 e. The summed E-state index contributed by atoms with van der Waals surface area (Å²) >= 11 is 0. The fourth-order valence-electron chi connectivity index (χ4n) is 7.60. The largest absolute Gasteiger partial charge is 0.456 e. The topological polar surface area (TPSA) is 69.9 Å². The van der Waals surface area contributed by atoms with E-state index in [0.29, 0.717) is 17.5 Å². The standard InChI is InChI=1S/C45H26N4O2/c1-2-12-28(13-3-1)49-36-20-7-4-14-29(36)35-26-27(24-25-37(35)49)43-46-44(33-18-11-23-40-41(33)32-16-6-9-22-39(32)50-40)48-45(47-43)34-19-10-17-31-30-15-5-8-21-38(30)51-42(31)34/h1-26H. The van der Waals surface area contributed by atoms with Crippen LogP contribution in [0.25, 0.3) is 106 Å². The Balaban J connectivity index is 1.19. The first-order chi connectivity index (χ1) is 25.3. The molecule has 0 radical (unpaired) electrons. The minimum atomic E-state index is 0.538. The third kappa shape index (κ3) is 4.20. The molecule has 0 aliphatic heterocycles. The number of furan rings is 2. The summed E-state index contributed by atoms with van der Waals surface area (Å²) < 4.78 is 15.1. The average Bonchev–Trinajstić information content (AvgIpc) is 3.87. The van der Waals surface area contributed by atoms with Gasteiger partial charge in [-0.15, -0.1) is 0 Å². The van der Waals surface area contributed by atoms with Crippen molar-refractivity contribution in [3.8, 4) is 39.9 Å². The van der Waals surface area contributed by atoms with Crippen LogP contribution in [-0.2, 0) is 0 Å². The number of nitrogens with zero attached hydrogens (tertiary/aromatic N) is 4. The van der Waals surface area contributed by atoms with E-state index in [-0.39, 0.29) is 0 Å². The fourth-order valence-corrected chi connectivity index (χ4v) is 7.60. The molecule has 11 aromatic rings. The number of rotatable bonds is 4. The van der Waals surface area contributed by atoms with E-state index >= 15 is 0 Å². The molecule has 0 atom stereocenters. The molecule has 0 amide bonds. The van der Waals surface area contributed by atoms with Gasteiger partial charge < -0.3 is 13.4 Å². The van der Waals surface area contributed by atoms with Crippen molar-refractivity contribution < 1.29 is 8.83 Å². The van der Waals surface area contributed by atoms with Crippen LogP contribution in [-0.4, -0.2) is 19.5 Å². The minimum absolute atomic E-state index is 0.538. The van der Waals surface area contributed by atoms with Crippen LogP contribution in [0, 0.1) is 0 Å². The summed E-state index contributed by atoms with van der Waals surface area (Å²) in [6.45, 7) is 0. The van der Waals surface area contributed by atoms with Gasteiger partial charge in [0.2, 0.25) is 0 Å². The summed E-state index contributed by atoms with van der Waals surface area (Å²) in [4.78, 5) is 15.6. The number of para-hydroxylation sites is 5. The fraction of sp³-hybridized carbons (Fsp3) is 0. The molecule has 0 saturated carbocycles. The highest BCUT2D eigenvalue weighted by Crippen LogP contribution is 2.40. The number of benzene rings is 7. The second-order valence-electron chi connectivity index (χ2n) is 12.8. The quantitative estimate of drug-likeness (QED) is 0.189. The molecule has 0 fully saturated rings. The van der Waals surface area contributed by atoms with Crippen molar-refractivity contribution in [1.29, 1.82) is 0 Å². The molecule has 0 saturated heterocycles. The Labute approximate surface area is 290 Å². The molecule has 7 aromatic carbocycles. The van der Waals surface area contributed by atoms with E-state index in [9.17, 15) is 0 Å². The van der Waals surface area contributed by atoms with E-state index in [1.165, 1.54) is 0 Å². The summed E-state index contributed by atoms with van der Waals surface area (Å²) in [5.74, 6) is 1.68. The second kappa shape index (κ2) is 10.7. The van der Waals surface area contributed by atoms with E-state index in [1.54, 1.807) is 0 Å². The van der Waals surface area contributed by atoms with Gasteiger partial charge in [0.1, 0.15) is 22.3 Å². The van der Waals surface area contributed by atoms with Crippen molar-refractivity contribution in [2.45, 2.75) is 0 Å². The number of aromatic nitrogens is 4. The first kappa shape index (κ1) is 27.9. The third-order valence-corrected chi connectivity index (χ3v) is 9.87. The lowest BCUT2D eigenvalue weighted by Crippen LogP contribution is -2.01. The maximum absolute atomic E-state index is 6.48. The van der Waals surface area contributed by atoms with Crippen LogP contribution in [0.2, 0.25) is 0 Å². The first-order valence-corrected chi connectivity index (χ1v) is 16.9. The van der Waals surface area contributed by atoms with Crippen molar-refractivity contribution in [2.75, 3.05) is 0 Å². The van der Waals surface area contributed by atoms with Crippen molar-refractivity contribution in [1.82, 2.24) is 19.5 Å². The SMILES string of the molecule is c1ccc(-n2c3ccccc3c3cc(-c4nc(-c5cccc6c5oc5ccccc56)nc(-c5cccc6oc7ccccc7c56)n4)ccc32)cc1. The Bertz CT molecular complexity index is 3150. The Kier molecular flexibility index (Phi) is 5.86. The van der Waals surface area contributed by atoms with Crippen LogP contribution in [0.3, 0.4) is 0 Å². The molecule has 0 unspecified atom stereocenters. The van der Waals surface area contributed by atoms with Crippen molar-refractivity contribution in [3.63, 3.8) is 0 Å². The van der Waals surface area contributed by atoms with Crippen LogP contribution in [0.4, 0.5) is 0 Å². The Hall–Kier alpha value is -7.05. The van der Waals surface area contributed by atoms with Gasteiger partial charge in [-0.2, -0.15) is 0 Å². The van der Waals surface area contributed by atoms with Gasteiger partial charge in [0.25, 0.3) is 0 Å². The van der Waals surface area contributed by atoms with E-state index in [2.05, 4.69) is 95.6 Å². The predicted octanol–water partition coefficient (Wildman–Crippen LogP) is 11.8. The zero-order valence-corrected chi connectivity index (χ0v) is 27.1. The molecule has 6 nitrogen and oxygen atoms in total. The average molecular weight is 655 g/mol. The van der Waals surface area contributed by atoms with Gasteiger partial charge in [-0.05, 0) is 60.7 Å². The highest BCUT2D eigenvalue weighted by atomic mass is 16.3. The molecule has 4 aromatic heterocycles. The lowest BCUT2D eigenvalue weighted by molar-refractivity contribution is 0.668. The van der Waals surface area contributed by atoms with Crippen LogP contribution >= 0.6 is 0 Å². The van der Waals surface area contributed by atoms with Gasteiger partial charge in [0.05, 0.1) is 16.6 Å². The van der Waals surface area contributed by atoms with Crippen molar-refractivity contribution in [3.05, 3.63) is 158 Å². The van der Waals surface area contributed by atoms with Gasteiger partial charge in [0.15, 0.2) is 17.5 Å². The summed E-state index contributed by atoms with van der Waals surface area (Å²) in [7, 11) is 0. The third-order valence-electron chi connectivity index (χ3n) is 9.87. The van der Waals surface area contributed by atoms with E-state index in [1.807, 2.05) is 66.7 Å². The number of fused-ring (bicyclic) bond motifs is 9. The summed E-state index contributed by atoms with van der Waals surface area (Å²) in [5, 5.41) is 6.34. The van der Waals surface area contributed by atoms with Crippen LogP contribution in [0.15, 0.2) is 167 Å². The first-order valence-electron chi connectivity index (χ1n) is 16.9. The molecular weight excluding hydrogens is 629 g/mol. The van der Waals surface area contributed by atoms with E-state index in [0.717, 1.165) is 88.1 Å². The van der Waals surface area contributed by atoms with Crippen LogP contribution in [0.5, 0.6) is 0 Å². The molecule has 0 aliphatic rings. The zero-order chi connectivity index (χ0) is 33.5. The highest BCUT2D eigenvalue weighted by Gasteiger charge is 2.21. The smallest absolute Gasteiger partial charge is 0.167 e. The monoisotopic (exact) mass is 654 g/mol. The molecule has 4 heterocycles. The molecular formula is C45H26N4O2. The molecule has 0 N–H and O–H groups in total. The summed E-state index contributed by atoms with van der Waals surface area (Å²) in [6.07, 6.45) is 0. The number of hydrogen-bond donors (Lipinski definition) is 0. The maximum atomic E-state index is 6.48. The molecule has 0 spiro atoms. The Morgan fingerprint density at radius 2 is 1.00 bits per heavy atom. The zero-order valence-electron chi connectivity index (χ0n) is 27.1. The molecule has 238 valence electrons. The van der Waals surface area contributed by atoms with Gasteiger partial charge in [0, 0.05) is 49.1 Å². The number of hydrogen-bond acceptors (Lipinski definition) is 5. The van der Waals surface area contributed by atoms with E-state index < -0.39 is 0 Å². The Morgan fingerprint density at radius 1 is 0.392 bits per heavy atom. The highest BCUT2D eigenvalue weighted by molar-refractivity contribution is 6.13. The summed E-state index contributed by atoms with van der Waals surface area (Å²) in [6, 6.07) is 53.9. The molecule has 6 heteroatoms. The van der Waals surface area contributed by atoms with Gasteiger partial charge in [-0.3, -0.25) is 0 Å². The molecule has 11 rings (SSSR count). The van der Waals surface area contributed by atoms with Crippen molar-refractivity contribution in [2.24, 2.45) is 0 Å². The normalized spacial score (nSPS) is 11.9. The Morgan fingerprint density at radius 3 is 1.86 bits per heavy atom. The molecule has 51 heavy (non-hydrogen) atoms. The molecule has 0 aliphatic carbocycles.